The number of nitrogens with one attached hydrogen (secondary N) is 1. The van der Waals surface area contributed by atoms with Crippen molar-refractivity contribution in [2.75, 3.05) is 19.6 Å². The van der Waals surface area contributed by atoms with Crippen molar-refractivity contribution in [2.45, 2.75) is 45.7 Å². The molecule has 0 aromatic heterocycles. The third-order valence-electron chi connectivity index (χ3n) is 4.14. The molecule has 2 fully saturated rings. The smallest absolute Gasteiger partial charge is 0.0111 e. The van der Waals surface area contributed by atoms with E-state index in [-0.39, 0.29) is 0 Å². The average molecular weight is 196 g/mol. The lowest BCUT2D eigenvalue weighted by molar-refractivity contribution is 0.152. The van der Waals surface area contributed by atoms with Gasteiger partial charge in [0, 0.05) is 18.6 Å². The van der Waals surface area contributed by atoms with E-state index in [1.165, 1.54) is 32.5 Å². The van der Waals surface area contributed by atoms with Crippen LogP contribution in [0.1, 0.15) is 33.6 Å². The second-order valence-corrected chi connectivity index (χ2v) is 5.38. The topological polar surface area (TPSA) is 15.3 Å². The van der Waals surface area contributed by atoms with Crippen LogP contribution in [-0.2, 0) is 0 Å². The monoisotopic (exact) mass is 196 g/mol. The van der Waals surface area contributed by atoms with Gasteiger partial charge in [0.1, 0.15) is 0 Å². The quantitative estimate of drug-likeness (QED) is 0.723. The molecule has 2 rings (SSSR count). The largest absolute Gasteiger partial charge is 0.316 e. The Kier molecular flexibility index (Phi) is 3.13. The summed E-state index contributed by atoms with van der Waals surface area (Å²) in [7, 11) is 0. The summed E-state index contributed by atoms with van der Waals surface area (Å²) < 4.78 is 0. The number of rotatable bonds is 2. The van der Waals surface area contributed by atoms with Gasteiger partial charge in [0.25, 0.3) is 0 Å². The van der Waals surface area contributed by atoms with Gasteiger partial charge < -0.3 is 5.32 Å². The molecule has 0 radical (unpaired) electrons. The Morgan fingerprint density at radius 3 is 2.64 bits per heavy atom. The predicted molar refractivity (Wildman–Crippen MR) is 60.4 cm³/mol. The molecular formula is C12H24N2. The van der Waals surface area contributed by atoms with Gasteiger partial charge in [-0.05, 0) is 51.6 Å². The van der Waals surface area contributed by atoms with Gasteiger partial charge in [0.05, 0.1) is 0 Å². The van der Waals surface area contributed by atoms with Gasteiger partial charge in [0.2, 0.25) is 0 Å². The highest BCUT2D eigenvalue weighted by molar-refractivity contribution is 4.89. The van der Waals surface area contributed by atoms with Crippen LogP contribution in [0.4, 0.5) is 0 Å². The molecule has 0 saturated carbocycles. The zero-order valence-corrected chi connectivity index (χ0v) is 9.79. The molecular weight excluding hydrogens is 172 g/mol. The molecule has 82 valence electrons. The minimum atomic E-state index is 0.782. The Bertz CT molecular complexity index is 187. The van der Waals surface area contributed by atoms with Crippen LogP contribution < -0.4 is 5.32 Å². The molecule has 1 N–H and O–H groups in total. The van der Waals surface area contributed by atoms with Crippen LogP contribution in [0, 0.1) is 11.8 Å². The first kappa shape index (κ1) is 10.4. The van der Waals surface area contributed by atoms with E-state index in [2.05, 4.69) is 31.0 Å². The molecule has 0 amide bonds. The lowest BCUT2D eigenvalue weighted by Crippen LogP contribution is -2.41. The average Bonchev–Trinajstić information content (AvgIpc) is 2.73. The summed E-state index contributed by atoms with van der Waals surface area (Å²) >= 11 is 0. The Morgan fingerprint density at radius 2 is 2.14 bits per heavy atom. The fourth-order valence-corrected chi connectivity index (χ4v) is 3.26. The van der Waals surface area contributed by atoms with Crippen molar-refractivity contribution < 1.29 is 0 Å². The molecule has 0 aromatic rings. The highest BCUT2D eigenvalue weighted by Gasteiger charge is 2.34. The van der Waals surface area contributed by atoms with Crippen molar-refractivity contribution in [3.8, 4) is 0 Å². The van der Waals surface area contributed by atoms with Crippen LogP contribution in [-0.4, -0.2) is 36.6 Å². The second-order valence-electron chi connectivity index (χ2n) is 5.38. The summed E-state index contributed by atoms with van der Waals surface area (Å²) in [5, 5.41) is 3.48. The lowest BCUT2D eigenvalue weighted by Gasteiger charge is -2.32. The number of likely N-dealkylation sites (tertiary alicyclic amines) is 1. The molecule has 0 bridgehead atoms. The van der Waals surface area contributed by atoms with Gasteiger partial charge in [0.15, 0.2) is 0 Å². The second kappa shape index (κ2) is 4.19. The minimum Gasteiger partial charge on any atom is -0.316 e. The molecule has 14 heavy (non-hydrogen) atoms. The summed E-state index contributed by atoms with van der Waals surface area (Å²) in [6, 6.07) is 1.59. The van der Waals surface area contributed by atoms with E-state index < -0.39 is 0 Å². The predicted octanol–water partition coefficient (Wildman–Crippen LogP) is 1.71. The molecule has 2 nitrogen and oxygen atoms in total. The molecule has 0 aliphatic carbocycles. The van der Waals surface area contributed by atoms with Crippen molar-refractivity contribution in [1.82, 2.24) is 10.2 Å². The molecule has 2 heterocycles. The van der Waals surface area contributed by atoms with Crippen molar-refractivity contribution in [2.24, 2.45) is 11.8 Å². The molecule has 2 aliphatic rings. The Labute approximate surface area is 88.1 Å². The lowest BCUT2D eigenvalue weighted by atomic mass is 9.98. The van der Waals surface area contributed by atoms with Gasteiger partial charge in [-0.3, -0.25) is 4.90 Å². The molecule has 4 unspecified atom stereocenters. The van der Waals surface area contributed by atoms with Gasteiger partial charge in [-0.15, -0.1) is 0 Å². The molecule has 2 heteroatoms. The first-order valence-electron chi connectivity index (χ1n) is 6.15. The fourth-order valence-electron chi connectivity index (χ4n) is 3.26. The molecule has 0 spiro atoms. The SMILES string of the molecule is CC1CC(C)N(C(C)C2CCNC2)C1. The van der Waals surface area contributed by atoms with Gasteiger partial charge in [-0.2, -0.15) is 0 Å². The number of hydrogen-bond donors (Lipinski definition) is 1. The third-order valence-corrected chi connectivity index (χ3v) is 4.14. The Balaban J connectivity index is 1.93. The highest BCUT2D eigenvalue weighted by Crippen LogP contribution is 2.28. The summed E-state index contributed by atoms with van der Waals surface area (Å²) in [4.78, 5) is 2.72. The zero-order valence-electron chi connectivity index (χ0n) is 9.79. The summed E-state index contributed by atoms with van der Waals surface area (Å²) in [5.41, 5.74) is 0. The van der Waals surface area contributed by atoms with Crippen molar-refractivity contribution in [3.63, 3.8) is 0 Å². The van der Waals surface area contributed by atoms with E-state index in [0.29, 0.717) is 0 Å². The molecule has 2 aliphatic heterocycles. The van der Waals surface area contributed by atoms with E-state index in [0.717, 1.165) is 23.9 Å². The fraction of sp³-hybridized carbons (Fsp3) is 1.00. The first-order valence-corrected chi connectivity index (χ1v) is 6.15. The normalized spacial score (nSPS) is 41.8. The summed E-state index contributed by atoms with van der Waals surface area (Å²) in [6.07, 6.45) is 2.77. The molecule has 0 aromatic carbocycles. The number of hydrogen-bond acceptors (Lipinski definition) is 2. The maximum atomic E-state index is 3.48. The van der Waals surface area contributed by atoms with E-state index >= 15 is 0 Å². The van der Waals surface area contributed by atoms with Crippen molar-refractivity contribution in [3.05, 3.63) is 0 Å². The van der Waals surface area contributed by atoms with E-state index in [4.69, 9.17) is 0 Å². The minimum absolute atomic E-state index is 0.782. The first-order chi connectivity index (χ1) is 6.68. The van der Waals surface area contributed by atoms with Crippen molar-refractivity contribution >= 4 is 0 Å². The van der Waals surface area contributed by atoms with Crippen molar-refractivity contribution in [1.29, 1.82) is 0 Å². The maximum absolute atomic E-state index is 3.48. The third kappa shape index (κ3) is 1.96. The van der Waals surface area contributed by atoms with Crippen LogP contribution >= 0.6 is 0 Å². The van der Waals surface area contributed by atoms with Crippen LogP contribution in [0.5, 0.6) is 0 Å². The van der Waals surface area contributed by atoms with E-state index in [1.54, 1.807) is 0 Å². The van der Waals surface area contributed by atoms with Gasteiger partial charge in [-0.1, -0.05) is 6.92 Å². The summed E-state index contributed by atoms with van der Waals surface area (Å²) in [6.45, 7) is 11.0. The Hall–Kier alpha value is -0.0800. The van der Waals surface area contributed by atoms with Crippen LogP contribution in [0.2, 0.25) is 0 Å². The summed E-state index contributed by atoms with van der Waals surface area (Å²) in [5.74, 6) is 1.80. The van der Waals surface area contributed by atoms with E-state index in [1.807, 2.05) is 0 Å². The van der Waals surface area contributed by atoms with Crippen LogP contribution in [0.15, 0.2) is 0 Å². The molecule has 4 atom stereocenters. The van der Waals surface area contributed by atoms with E-state index in [9.17, 15) is 0 Å². The zero-order chi connectivity index (χ0) is 10.1. The standard InChI is InChI=1S/C12H24N2/c1-9-6-10(2)14(8-9)11(3)12-4-5-13-7-12/h9-13H,4-8H2,1-3H3. The van der Waals surface area contributed by atoms with Crippen LogP contribution in [0.25, 0.3) is 0 Å². The van der Waals surface area contributed by atoms with Gasteiger partial charge >= 0.3 is 0 Å². The highest BCUT2D eigenvalue weighted by atomic mass is 15.2. The van der Waals surface area contributed by atoms with Gasteiger partial charge in [-0.25, -0.2) is 0 Å². The molecule has 2 saturated heterocycles. The Morgan fingerprint density at radius 1 is 1.36 bits per heavy atom. The van der Waals surface area contributed by atoms with Crippen LogP contribution in [0.3, 0.4) is 0 Å². The maximum Gasteiger partial charge on any atom is 0.0111 e. The number of nitrogens with zero attached hydrogens (tertiary/aromatic N) is 1.